The number of amides is 1. The van der Waals surface area contributed by atoms with E-state index in [1.54, 1.807) is 10.9 Å². The molecular formula is C14H22N4O4. The number of morpholine rings is 1. The van der Waals surface area contributed by atoms with E-state index in [2.05, 4.69) is 20.1 Å². The number of methoxy groups -OCH3 is 1. The summed E-state index contributed by atoms with van der Waals surface area (Å²) in [4.78, 5) is 25.7. The van der Waals surface area contributed by atoms with Gasteiger partial charge in [-0.05, 0) is 0 Å². The predicted octanol–water partition coefficient (Wildman–Crippen LogP) is -0.527. The van der Waals surface area contributed by atoms with Crippen molar-refractivity contribution in [2.75, 3.05) is 40.0 Å². The van der Waals surface area contributed by atoms with Gasteiger partial charge in [0.05, 0.1) is 32.9 Å². The molecule has 2 heterocycles. The first kappa shape index (κ1) is 16.4. The summed E-state index contributed by atoms with van der Waals surface area (Å²) < 4.78 is 11.6. The second-order valence-electron chi connectivity index (χ2n) is 5.12. The van der Waals surface area contributed by atoms with Gasteiger partial charge in [-0.15, -0.1) is 0 Å². The number of hydrogen-bond donors (Lipinski definition) is 1. The molecule has 1 aliphatic rings. The summed E-state index contributed by atoms with van der Waals surface area (Å²) in [6.07, 6.45) is 3.69. The largest absolute Gasteiger partial charge is 0.469 e. The summed E-state index contributed by atoms with van der Waals surface area (Å²) in [5.41, 5.74) is 0.833. The van der Waals surface area contributed by atoms with Gasteiger partial charge < -0.3 is 14.8 Å². The first-order valence-electron chi connectivity index (χ1n) is 7.26. The van der Waals surface area contributed by atoms with Crippen LogP contribution in [0.15, 0.2) is 12.4 Å². The number of carbonyl (C=O) groups excluding carboxylic acids is 2. The lowest BCUT2D eigenvalue weighted by Crippen LogP contribution is -2.46. The molecule has 8 nitrogen and oxygen atoms in total. The summed E-state index contributed by atoms with van der Waals surface area (Å²) in [6.45, 7) is 2.83. The number of rotatable bonds is 6. The van der Waals surface area contributed by atoms with Crippen LogP contribution in [-0.2, 0) is 26.1 Å². The SMILES string of the molecule is COC(=O)CCNC(=O)[C@H](c1cnn(C)c1)N1CCOCC1. The Balaban J connectivity index is 2.03. The van der Waals surface area contributed by atoms with E-state index in [-0.39, 0.29) is 24.8 Å². The van der Waals surface area contributed by atoms with Crippen molar-refractivity contribution in [3.05, 3.63) is 18.0 Å². The van der Waals surface area contributed by atoms with Crippen molar-refractivity contribution in [3.63, 3.8) is 0 Å². The molecule has 1 N–H and O–H groups in total. The van der Waals surface area contributed by atoms with Gasteiger partial charge in [-0.3, -0.25) is 19.2 Å². The molecule has 1 aliphatic heterocycles. The summed E-state index contributed by atoms with van der Waals surface area (Å²) in [5, 5.41) is 6.93. The van der Waals surface area contributed by atoms with Crippen molar-refractivity contribution in [2.24, 2.45) is 7.05 Å². The highest BCUT2D eigenvalue weighted by atomic mass is 16.5. The average molecular weight is 310 g/mol. The Hall–Kier alpha value is -1.93. The van der Waals surface area contributed by atoms with Crippen molar-refractivity contribution < 1.29 is 19.1 Å². The molecule has 0 radical (unpaired) electrons. The van der Waals surface area contributed by atoms with Crippen LogP contribution in [0.25, 0.3) is 0 Å². The molecule has 1 atom stereocenters. The topological polar surface area (TPSA) is 85.7 Å². The third-order valence-electron chi connectivity index (χ3n) is 3.56. The fourth-order valence-electron chi connectivity index (χ4n) is 2.43. The van der Waals surface area contributed by atoms with Crippen LogP contribution < -0.4 is 5.32 Å². The van der Waals surface area contributed by atoms with Gasteiger partial charge in [0.2, 0.25) is 5.91 Å². The van der Waals surface area contributed by atoms with Crippen LogP contribution in [0.1, 0.15) is 18.0 Å². The molecule has 1 saturated heterocycles. The Bertz CT molecular complexity index is 511. The Morgan fingerprint density at radius 2 is 2.18 bits per heavy atom. The van der Waals surface area contributed by atoms with E-state index in [1.165, 1.54) is 7.11 Å². The molecule has 122 valence electrons. The fraction of sp³-hybridized carbons (Fsp3) is 0.643. The van der Waals surface area contributed by atoms with E-state index in [9.17, 15) is 9.59 Å². The van der Waals surface area contributed by atoms with E-state index in [4.69, 9.17) is 4.74 Å². The summed E-state index contributed by atoms with van der Waals surface area (Å²) in [5.74, 6) is -0.483. The molecule has 8 heteroatoms. The van der Waals surface area contributed by atoms with Crippen molar-refractivity contribution in [3.8, 4) is 0 Å². The molecule has 0 aliphatic carbocycles. The van der Waals surface area contributed by atoms with Crippen molar-refractivity contribution in [1.82, 2.24) is 20.0 Å². The van der Waals surface area contributed by atoms with Gasteiger partial charge in [-0.2, -0.15) is 5.10 Å². The van der Waals surface area contributed by atoms with Crippen LogP contribution in [0, 0.1) is 0 Å². The minimum absolute atomic E-state index is 0.140. The molecule has 1 aromatic heterocycles. The van der Waals surface area contributed by atoms with Crippen LogP contribution in [0.2, 0.25) is 0 Å². The summed E-state index contributed by atoms with van der Waals surface area (Å²) >= 11 is 0. The van der Waals surface area contributed by atoms with Crippen LogP contribution >= 0.6 is 0 Å². The van der Waals surface area contributed by atoms with E-state index in [1.807, 2.05) is 13.2 Å². The Morgan fingerprint density at radius 1 is 1.45 bits per heavy atom. The fourth-order valence-corrected chi connectivity index (χ4v) is 2.43. The average Bonchev–Trinajstić information content (AvgIpc) is 2.94. The number of esters is 1. The Kier molecular flexibility index (Phi) is 5.91. The number of ether oxygens (including phenoxy) is 2. The molecule has 0 spiro atoms. The highest BCUT2D eigenvalue weighted by Gasteiger charge is 2.29. The summed E-state index contributed by atoms with van der Waals surface area (Å²) in [7, 11) is 3.14. The molecule has 0 aromatic carbocycles. The van der Waals surface area contributed by atoms with Gasteiger partial charge in [-0.1, -0.05) is 0 Å². The lowest BCUT2D eigenvalue weighted by molar-refractivity contribution is -0.140. The lowest BCUT2D eigenvalue weighted by Gasteiger charge is -2.33. The molecule has 1 amide bonds. The Labute approximate surface area is 129 Å². The second-order valence-corrected chi connectivity index (χ2v) is 5.12. The quantitative estimate of drug-likeness (QED) is 0.711. The number of aromatic nitrogens is 2. The first-order valence-corrected chi connectivity index (χ1v) is 7.26. The molecular weight excluding hydrogens is 288 g/mol. The zero-order valence-electron chi connectivity index (χ0n) is 12.9. The smallest absolute Gasteiger partial charge is 0.307 e. The first-order chi connectivity index (χ1) is 10.6. The molecule has 2 rings (SSSR count). The van der Waals surface area contributed by atoms with Gasteiger partial charge in [0.25, 0.3) is 0 Å². The Morgan fingerprint density at radius 3 is 2.77 bits per heavy atom. The number of aryl methyl sites for hydroxylation is 1. The van der Waals surface area contributed by atoms with Crippen LogP contribution in [0.5, 0.6) is 0 Å². The van der Waals surface area contributed by atoms with Gasteiger partial charge >= 0.3 is 5.97 Å². The third-order valence-corrected chi connectivity index (χ3v) is 3.56. The van der Waals surface area contributed by atoms with Gasteiger partial charge in [0.1, 0.15) is 6.04 Å². The van der Waals surface area contributed by atoms with Crippen molar-refractivity contribution >= 4 is 11.9 Å². The molecule has 0 unspecified atom stereocenters. The highest BCUT2D eigenvalue weighted by Crippen LogP contribution is 2.21. The zero-order valence-corrected chi connectivity index (χ0v) is 12.9. The van der Waals surface area contributed by atoms with E-state index < -0.39 is 6.04 Å². The zero-order chi connectivity index (χ0) is 15.9. The maximum Gasteiger partial charge on any atom is 0.307 e. The van der Waals surface area contributed by atoms with E-state index in [0.29, 0.717) is 26.3 Å². The van der Waals surface area contributed by atoms with Crippen molar-refractivity contribution in [1.29, 1.82) is 0 Å². The van der Waals surface area contributed by atoms with Gasteiger partial charge in [0, 0.05) is 38.4 Å². The molecule has 0 bridgehead atoms. The monoisotopic (exact) mass is 310 g/mol. The number of nitrogens with one attached hydrogen (secondary N) is 1. The molecule has 0 saturated carbocycles. The predicted molar refractivity (Wildman–Crippen MR) is 78.0 cm³/mol. The number of nitrogens with zero attached hydrogens (tertiary/aromatic N) is 3. The standard InChI is InChI=1S/C14H22N4O4/c1-17-10-11(9-16-17)13(18-5-7-22-8-6-18)14(20)15-4-3-12(19)21-2/h9-10,13H,3-8H2,1-2H3,(H,15,20)/t13-/m0/s1. The maximum atomic E-state index is 12.5. The number of hydrogen-bond acceptors (Lipinski definition) is 6. The minimum atomic E-state index is -0.421. The number of carbonyl (C=O) groups is 2. The van der Waals surface area contributed by atoms with Crippen LogP contribution in [0.3, 0.4) is 0 Å². The van der Waals surface area contributed by atoms with Gasteiger partial charge in [0.15, 0.2) is 0 Å². The highest BCUT2D eigenvalue weighted by molar-refractivity contribution is 5.83. The molecule has 1 aromatic rings. The summed E-state index contributed by atoms with van der Waals surface area (Å²) in [6, 6.07) is -0.421. The second kappa shape index (κ2) is 7.90. The third kappa shape index (κ3) is 4.28. The normalized spacial score (nSPS) is 17.0. The van der Waals surface area contributed by atoms with Crippen LogP contribution in [-0.4, -0.2) is 66.5 Å². The molecule has 1 fully saturated rings. The van der Waals surface area contributed by atoms with E-state index in [0.717, 1.165) is 5.56 Å². The minimum Gasteiger partial charge on any atom is -0.469 e. The lowest BCUT2D eigenvalue weighted by atomic mass is 10.1. The van der Waals surface area contributed by atoms with Crippen molar-refractivity contribution in [2.45, 2.75) is 12.5 Å². The van der Waals surface area contributed by atoms with E-state index >= 15 is 0 Å². The molecule has 22 heavy (non-hydrogen) atoms. The maximum absolute atomic E-state index is 12.5. The van der Waals surface area contributed by atoms with Gasteiger partial charge in [-0.25, -0.2) is 0 Å². The van der Waals surface area contributed by atoms with Crippen LogP contribution in [0.4, 0.5) is 0 Å².